The normalized spacial score (nSPS) is 19.0. The van der Waals surface area contributed by atoms with Gasteiger partial charge in [-0.05, 0) is 37.8 Å². The molecule has 0 radical (unpaired) electrons. The first-order valence-corrected chi connectivity index (χ1v) is 10.4. The molecule has 8 nitrogen and oxygen atoms in total. The number of aryl methyl sites for hydroxylation is 1. The number of carbonyl (C=O) groups excluding carboxylic acids is 1. The van der Waals surface area contributed by atoms with Gasteiger partial charge in [-0.25, -0.2) is 9.97 Å². The maximum Gasteiger partial charge on any atom is 0.256 e. The highest BCUT2D eigenvalue weighted by molar-refractivity contribution is 6.30. The Labute approximate surface area is 180 Å². The van der Waals surface area contributed by atoms with Gasteiger partial charge in [0.15, 0.2) is 0 Å². The molecule has 156 valence electrons. The SMILES string of the molecule is Cc1ccc(-n2nccn2)c(C(=O)N2CCC[C@@H](C)C2CNc2ncc(Cl)cn2)c1. The molecule has 2 aromatic heterocycles. The molecular formula is C21H24ClN7O. The Kier molecular flexibility index (Phi) is 5.94. The fraction of sp³-hybridized carbons (Fsp3) is 0.381. The molecule has 1 amide bonds. The Balaban J connectivity index is 1.60. The van der Waals surface area contributed by atoms with E-state index in [1.807, 2.05) is 30.0 Å². The summed E-state index contributed by atoms with van der Waals surface area (Å²) in [5.41, 5.74) is 2.30. The number of carbonyl (C=O) groups is 1. The van der Waals surface area contributed by atoms with E-state index in [2.05, 4.69) is 32.4 Å². The molecule has 1 fully saturated rings. The lowest BCUT2D eigenvalue weighted by molar-refractivity contribution is 0.0539. The predicted molar refractivity (Wildman–Crippen MR) is 115 cm³/mol. The van der Waals surface area contributed by atoms with Crippen LogP contribution in [-0.2, 0) is 0 Å². The number of hydrogen-bond donors (Lipinski definition) is 1. The summed E-state index contributed by atoms with van der Waals surface area (Å²) in [5, 5.41) is 12.2. The van der Waals surface area contributed by atoms with Crippen LogP contribution in [-0.4, -0.2) is 54.9 Å². The number of likely N-dealkylation sites (tertiary alicyclic amines) is 1. The second-order valence-corrected chi connectivity index (χ2v) is 8.07. The number of nitrogens with one attached hydrogen (secondary N) is 1. The van der Waals surface area contributed by atoms with Crippen molar-refractivity contribution in [3.63, 3.8) is 0 Å². The Hall–Kier alpha value is -3.00. The molecule has 1 unspecified atom stereocenters. The second kappa shape index (κ2) is 8.79. The van der Waals surface area contributed by atoms with Crippen molar-refractivity contribution >= 4 is 23.5 Å². The standard InChI is InChI=1S/C21H24ClN7O/c1-14-5-6-18(29-26-7-8-27-29)17(10-14)20(30)28-9-3-4-15(2)19(28)13-25-21-23-11-16(22)12-24-21/h5-8,10-12,15,19H,3-4,9,13H2,1-2H3,(H,23,24,25)/t15-,19?/m1/s1. The van der Waals surface area contributed by atoms with E-state index in [1.54, 1.807) is 24.8 Å². The largest absolute Gasteiger partial charge is 0.352 e. The molecule has 1 aliphatic heterocycles. The second-order valence-electron chi connectivity index (χ2n) is 7.63. The highest BCUT2D eigenvalue weighted by Crippen LogP contribution is 2.27. The fourth-order valence-electron chi connectivity index (χ4n) is 3.90. The third-order valence-corrected chi connectivity index (χ3v) is 5.68. The van der Waals surface area contributed by atoms with Crippen LogP contribution in [0, 0.1) is 12.8 Å². The van der Waals surface area contributed by atoms with Gasteiger partial charge in [-0.3, -0.25) is 4.79 Å². The molecule has 3 heterocycles. The first-order chi connectivity index (χ1) is 14.5. The van der Waals surface area contributed by atoms with Crippen LogP contribution in [0.4, 0.5) is 5.95 Å². The van der Waals surface area contributed by atoms with Gasteiger partial charge in [0.25, 0.3) is 5.91 Å². The van der Waals surface area contributed by atoms with Gasteiger partial charge < -0.3 is 10.2 Å². The number of anilines is 1. The number of rotatable bonds is 5. The predicted octanol–water partition coefficient (Wildman–Crippen LogP) is 3.37. The van der Waals surface area contributed by atoms with Gasteiger partial charge in [0, 0.05) is 13.1 Å². The Bertz CT molecular complexity index is 1010. The highest BCUT2D eigenvalue weighted by atomic mass is 35.5. The number of halogens is 1. The van der Waals surface area contributed by atoms with Crippen LogP contribution in [0.25, 0.3) is 5.69 Å². The number of benzene rings is 1. The van der Waals surface area contributed by atoms with E-state index in [-0.39, 0.29) is 11.9 Å². The Morgan fingerprint density at radius 1 is 1.23 bits per heavy atom. The molecule has 0 bridgehead atoms. The summed E-state index contributed by atoms with van der Waals surface area (Å²) in [7, 11) is 0. The molecule has 0 aliphatic carbocycles. The van der Waals surface area contributed by atoms with Crippen molar-refractivity contribution in [2.45, 2.75) is 32.7 Å². The molecule has 0 spiro atoms. The van der Waals surface area contributed by atoms with Crippen molar-refractivity contribution in [1.29, 1.82) is 0 Å². The van der Waals surface area contributed by atoms with Gasteiger partial charge in [0.05, 0.1) is 47.1 Å². The zero-order valence-corrected chi connectivity index (χ0v) is 17.8. The van der Waals surface area contributed by atoms with Gasteiger partial charge >= 0.3 is 0 Å². The van der Waals surface area contributed by atoms with Gasteiger partial charge in [-0.1, -0.05) is 30.2 Å². The van der Waals surface area contributed by atoms with E-state index in [1.165, 1.54) is 4.80 Å². The number of amides is 1. The van der Waals surface area contributed by atoms with Crippen LogP contribution >= 0.6 is 11.6 Å². The van der Waals surface area contributed by atoms with E-state index >= 15 is 0 Å². The Morgan fingerprint density at radius 2 is 1.97 bits per heavy atom. The monoisotopic (exact) mass is 425 g/mol. The molecular weight excluding hydrogens is 402 g/mol. The van der Waals surface area contributed by atoms with Crippen LogP contribution < -0.4 is 5.32 Å². The van der Waals surface area contributed by atoms with Crippen LogP contribution in [0.15, 0.2) is 43.0 Å². The lowest BCUT2D eigenvalue weighted by Crippen LogP contribution is -2.51. The highest BCUT2D eigenvalue weighted by Gasteiger charge is 2.33. The maximum absolute atomic E-state index is 13.7. The molecule has 1 saturated heterocycles. The molecule has 1 aromatic carbocycles. The number of piperidine rings is 1. The maximum atomic E-state index is 13.7. The first-order valence-electron chi connectivity index (χ1n) is 10.0. The number of hydrogen-bond acceptors (Lipinski definition) is 6. The summed E-state index contributed by atoms with van der Waals surface area (Å²) in [6.45, 7) is 5.43. The Morgan fingerprint density at radius 3 is 2.70 bits per heavy atom. The van der Waals surface area contributed by atoms with Crippen LogP contribution in [0.3, 0.4) is 0 Å². The molecule has 1 aliphatic rings. The quantitative estimate of drug-likeness (QED) is 0.674. The van der Waals surface area contributed by atoms with Gasteiger partial charge in [0.2, 0.25) is 5.95 Å². The third-order valence-electron chi connectivity index (χ3n) is 5.48. The molecule has 3 aromatic rings. The van der Waals surface area contributed by atoms with Crippen molar-refractivity contribution in [2.75, 3.05) is 18.4 Å². The fourth-order valence-corrected chi connectivity index (χ4v) is 4.00. The summed E-state index contributed by atoms with van der Waals surface area (Å²) in [6, 6.07) is 5.78. The summed E-state index contributed by atoms with van der Waals surface area (Å²) < 4.78 is 0. The first kappa shape index (κ1) is 20.3. The molecule has 1 N–H and O–H groups in total. The average molecular weight is 426 g/mol. The summed E-state index contributed by atoms with van der Waals surface area (Å²) in [5.74, 6) is 0.835. The van der Waals surface area contributed by atoms with Crippen LogP contribution in [0.2, 0.25) is 5.02 Å². The lowest BCUT2D eigenvalue weighted by Gasteiger charge is -2.40. The van der Waals surface area contributed by atoms with Crippen LogP contribution in [0.1, 0.15) is 35.7 Å². The zero-order valence-electron chi connectivity index (χ0n) is 17.0. The minimum atomic E-state index is -0.0126. The van der Waals surface area contributed by atoms with Crippen molar-refractivity contribution in [3.05, 3.63) is 59.1 Å². The minimum absolute atomic E-state index is 0.0126. The minimum Gasteiger partial charge on any atom is -0.352 e. The van der Waals surface area contributed by atoms with E-state index in [0.717, 1.165) is 18.4 Å². The molecule has 4 rings (SSSR count). The topological polar surface area (TPSA) is 88.8 Å². The van der Waals surface area contributed by atoms with Crippen LogP contribution in [0.5, 0.6) is 0 Å². The molecule has 9 heteroatoms. The molecule has 30 heavy (non-hydrogen) atoms. The number of aromatic nitrogens is 5. The van der Waals surface area contributed by atoms with Crippen molar-refractivity contribution in [1.82, 2.24) is 29.9 Å². The molecule has 2 atom stereocenters. The van der Waals surface area contributed by atoms with Gasteiger partial charge in [-0.15, -0.1) is 0 Å². The zero-order chi connectivity index (χ0) is 21.1. The lowest BCUT2D eigenvalue weighted by atomic mass is 9.90. The van der Waals surface area contributed by atoms with E-state index in [0.29, 0.717) is 41.2 Å². The average Bonchev–Trinajstić information content (AvgIpc) is 3.28. The van der Waals surface area contributed by atoms with E-state index < -0.39 is 0 Å². The van der Waals surface area contributed by atoms with Crippen molar-refractivity contribution < 1.29 is 4.79 Å². The van der Waals surface area contributed by atoms with Gasteiger partial charge in [0.1, 0.15) is 0 Å². The molecule has 0 saturated carbocycles. The van der Waals surface area contributed by atoms with E-state index in [9.17, 15) is 4.79 Å². The van der Waals surface area contributed by atoms with E-state index in [4.69, 9.17) is 11.6 Å². The smallest absolute Gasteiger partial charge is 0.256 e. The summed E-state index contributed by atoms with van der Waals surface area (Å²) >= 11 is 5.87. The van der Waals surface area contributed by atoms with Crippen molar-refractivity contribution in [2.24, 2.45) is 5.92 Å². The third kappa shape index (κ3) is 4.28. The summed E-state index contributed by atoms with van der Waals surface area (Å²) in [6.07, 6.45) is 8.37. The van der Waals surface area contributed by atoms with Gasteiger partial charge in [-0.2, -0.15) is 15.0 Å². The number of nitrogens with zero attached hydrogens (tertiary/aromatic N) is 6. The van der Waals surface area contributed by atoms with Crippen molar-refractivity contribution in [3.8, 4) is 5.69 Å². The summed E-state index contributed by atoms with van der Waals surface area (Å²) in [4.78, 5) is 25.5.